The second-order valence-electron chi connectivity index (χ2n) is 6.49. The lowest BCUT2D eigenvalue weighted by atomic mass is 10.2. The van der Waals surface area contributed by atoms with Crippen LogP contribution in [0.25, 0.3) is 5.69 Å². The number of ether oxygens (including phenoxy) is 2. The molecule has 0 fully saturated rings. The number of hydrogen-bond acceptors (Lipinski definition) is 5. The Labute approximate surface area is 160 Å². The fraction of sp³-hybridized carbons (Fsp3) is 0.250. The Kier molecular flexibility index (Phi) is 4.68. The van der Waals surface area contributed by atoms with Gasteiger partial charge in [0.15, 0.2) is 5.75 Å². The van der Waals surface area contributed by atoms with Gasteiger partial charge in [-0.3, -0.25) is 10.1 Å². The van der Waals surface area contributed by atoms with Crippen molar-refractivity contribution < 1.29 is 18.8 Å². The van der Waals surface area contributed by atoms with Gasteiger partial charge in [0.25, 0.3) is 0 Å². The fourth-order valence-corrected chi connectivity index (χ4v) is 3.46. The lowest BCUT2D eigenvalue weighted by Crippen LogP contribution is -2.04. The number of nitro groups is 1. The predicted molar refractivity (Wildman–Crippen MR) is 99.5 cm³/mol. The molecule has 0 N–H and O–H groups in total. The summed E-state index contributed by atoms with van der Waals surface area (Å²) in [7, 11) is 1.45. The van der Waals surface area contributed by atoms with Crippen molar-refractivity contribution in [3.8, 4) is 17.2 Å². The molecule has 7 nitrogen and oxygen atoms in total. The van der Waals surface area contributed by atoms with Crippen LogP contribution < -0.4 is 9.47 Å². The molecule has 0 amide bonds. The molecule has 1 heterocycles. The maximum absolute atomic E-state index is 13.2. The molecule has 144 valence electrons. The normalized spacial score (nSPS) is 12.6. The fourth-order valence-electron chi connectivity index (χ4n) is 3.46. The summed E-state index contributed by atoms with van der Waals surface area (Å²) in [6, 6.07) is 10.6. The van der Waals surface area contributed by atoms with Gasteiger partial charge in [0.2, 0.25) is 0 Å². The predicted octanol–water partition coefficient (Wildman–Crippen LogP) is 4.00. The third-order valence-electron chi connectivity index (χ3n) is 4.81. The van der Waals surface area contributed by atoms with Crippen LogP contribution in [0.2, 0.25) is 0 Å². The van der Waals surface area contributed by atoms with Gasteiger partial charge in [-0.1, -0.05) is 0 Å². The highest BCUT2D eigenvalue weighted by Crippen LogP contribution is 2.33. The topological polar surface area (TPSA) is 79.4 Å². The Bertz CT molecular complexity index is 1030. The monoisotopic (exact) mass is 383 g/mol. The van der Waals surface area contributed by atoms with E-state index in [0.29, 0.717) is 5.75 Å². The summed E-state index contributed by atoms with van der Waals surface area (Å²) in [6.45, 7) is 0.115. The van der Waals surface area contributed by atoms with Gasteiger partial charge in [0.1, 0.15) is 23.9 Å². The van der Waals surface area contributed by atoms with Crippen molar-refractivity contribution in [2.75, 3.05) is 7.11 Å². The molecule has 1 aliphatic carbocycles. The first-order valence-electron chi connectivity index (χ1n) is 8.87. The minimum Gasteiger partial charge on any atom is -0.496 e. The van der Waals surface area contributed by atoms with E-state index < -0.39 is 4.92 Å². The molecule has 1 aliphatic rings. The SMILES string of the molecule is COc1ccc(OCc2nn(-c3ccc(F)cc3)c3c2CCC3)c([N+](=O)[O-])c1. The number of aromatic nitrogens is 2. The summed E-state index contributed by atoms with van der Waals surface area (Å²) in [5, 5.41) is 16.0. The Morgan fingerprint density at radius 3 is 2.71 bits per heavy atom. The van der Waals surface area contributed by atoms with Gasteiger partial charge < -0.3 is 9.47 Å². The summed E-state index contributed by atoms with van der Waals surface area (Å²) in [6.07, 6.45) is 2.76. The highest BCUT2D eigenvalue weighted by atomic mass is 19.1. The second-order valence-corrected chi connectivity index (χ2v) is 6.49. The van der Waals surface area contributed by atoms with Crippen molar-refractivity contribution in [3.63, 3.8) is 0 Å². The maximum Gasteiger partial charge on any atom is 0.314 e. The number of benzene rings is 2. The largest absolute Gasteiger partial charge is 0.496 e. The van der Waals surface area contributed by atoms with Crippen LogP contribution in [-0.2, 0) is 19.4 Å². The molecular formula is C20H18FN3O4. The minimum atomic E-state index is -0.501. The molecule has 8 heteroatoms. The first kappa shape index (κ1) is 18.0. The summed E-state index contributed by atoms with van der Waals surface area (Å²) >= 11 is 0. The Balaban J connectivity index is 1.62. The zero-order chi connectivity index (χ0) is 19.7. The van der Waals surface area contributed by atoms with Crippen LogP contribution in [0, 0.1) is 15.9 Å². The zero-order valence-electron chi connectivity index (χ0n) is 15.2. The molecule has 1 aromatic heterocycles. The summed E-state index contributed by atoms with van der Waals surface area (Å²) in [5.74, 6) is 0.248. The molecular weight excluding hydrogens is 365 g/mol. The number of methoxy groups -OCH3 is 1. The van der Waals surface area contributed by atoms with E-state index in [1.807, 2.05) is 4.68 Å². The minimum absolute atomic E-state index is 0.115. The van der Waals surface area contributed by atoms with Gasteiger partial charge in [0.05, 0.1) is 23.8 Å². The van der Waals surface area contributed by atoms with E-state index in [-0.39, 0.29) is 23.9 Å². The molecule has 0 radical (unpaired) electrons. The standard InChI is InChI=1S/C20H18FN3O4/c1-27-15-9-10-20(19(11-15)24(25)26)28-12-17-16-3-2-4-18(16)23(22-17)14-7-5-13(21)6-8-14/h5-11H,2-4,12H2,1H3. The smallest absolute Gasteiger partial charge is 0.314 e. The Hall–Kier alpha value is -3.42. The molecule has 28 heavy (non-hydrogen) atoms. The lowest BCUT2D eigenvalue weighted by Gasteiger charge is -2.08. The van der Waals surface area contributed by atoms with Crippen LogP contribution in [0.4, 0.5) is 10.1 Å². The van der Waals surface area contributed by atoms with Crippen LogP contribution in [-0.4, -0.2) is 21.8 Å². The van der Waals surface area contributed by atoms with Gasteiger partial charge >= 0.3 is 5.69 Å². The number of hydrogen-bond donors (Lipinski definition) is 0. The van der Waals surface area contributed by atoms with Crippen molar-refractivity contribution in [2.24, 2.45) is 0 Å². The van der Waals surface area contributed by atoms with E-state index >= 15 is 0 Å². The molecule has 0 aliphatic heterocycles. The third-order valence-corrected chi connectivity index (χ3v) is 4.81. The number of halogens is 1. The van der Waals surface area contributed by atoms with E-state index in [0.717, 1.165) is 41.9 Å². The van der Waals surface area contributed by atoms with Crippen LogP contribution in [0.1, 0.15) is 23.4 Å². The van der Waals surface area contributed by atoms with Crippen molar-refractivity contribution in [1.29, 1.82) is 0 Å². The van der Waals surface area contributed by atoms with Gasteiger partial charge in [-0.05, 0) is 55.7 Å². The number of nitrogens with zero attached hydrogens (tertiary/aromatic N) is 3. The number of nitro benzene ring substituents is 1. The van der Waals surface area contributed by atoms with Gasteiger partial charge in [-0.25, -0.2) is 9.07 Å². The van der Waals surface area contributed by atoms with E-state index in [4.69, 9.17) is 9.47 Å². The van der Waals surface area contributed by atoms with Gasteiger partial charge in [0, 0.05) is 11.3 Å². The van der Waals surface area contributed by atoms with Crippen molar-refractivity contribution in [2.45, 2.75) is 25.9 Å². The van der Waals surface area contributed by atoms with E-state index in [1.165, 1.54) is 31.4 Å². The van der Waals surface area contributed by atoms with Gasteiger partial charge in [-0.2, -0.15) is 5.10 Å². The summed E-state index contributed by atoms with van der Waals surface area (Å²) in [4.78, 5) is 10.8. The average molecular weight is 383 g/mol. The number of fused-ring (bicyclic) bond motifs is 1. The summed E-state index contributed by atoms with van der Waals surface area (Å²) in [5.41, 5.74) is 3.53. The molecule has 0 bridgehead atoms. The molecule has 0 unspecified atom stereocenters. The average Bonchev–Trinajstić information content (AvgIpc) is 3.30. The molecule has 0 atom stereocenters. The molecule has 4 rings (SSSR count). The second kappa shape index (κ2) is 7.30. The van der Waals surface area contributed by atoms with Crippen molar-refractivity contribution in [1.82, 2.24) is 9.78 Å². The highest BCUT2D eigenvalue weighted by Gasteiger charge is 2.24. The molecule has 3 aromatic rings. The molecule has 0 spiro atoms. The third kappa shape index (κ3) is 3.28. The van der Waals surface area contributed by atoms with Crippen molar-refractivity contribution >= 4 is 5.69 Å². The highest BCUT2D eigenvalue weighted by molar-refractivity contribution is 5.51. The lowest BCUT2D eigenvalue weighted by molar-refractivity contribution is -0.386. The van der Waals surface area contributed by atoms with Crippen molar-refractivity contribution in [3.05, 3.63) is 75.3 Å². The van der Waals surface area contributed by atoms with Crippen LogP contribution in [0.15, 0.2) is 42.5 Å². The molecule has 0 saturated heterocycles. The molecule has 2 aromatic carbocycles. The number of rotatable bonds is 6. The van der Waals surface area contributed by atoms with Crippen LogP contribution in [0.3, 0.4) is 0 Å². The zero-order valence-corrected chi connectivity index (χ0v) is 15.2. The van der Waals surface area contributed by atoms with Gasteiger partial charge in [-0.15, -0.1) is 0 Å². The molecule has 0 saturated carbocycles. The summed E-state index contributed by atoms with van der Waals surface area (Å²) < 4.78 is 25.8. The van der Waals surface area contributed by atoms with Crippen LogP contribution in [0.5, 0.6) is 11.5 Å². The first-order chi connectivity index (χ1) is 13.6. The quantitative estimate of drug-likeness (QED) is 0.475. The first-order valence-corrected chi connectivity index (χ1v) is 8.87. The van der Waals surface area contributed by atoms with Crippen LogP contribution >= 0.6 is 0 Å². The van der Waals surface area contributed by atoms with E-state index in [1.54, 1.807) is 18.2 Å². The Morgan fingerprint density at radius 1 is 1.21 bits per heavy atom. The van der Waals surface area contributed by atoms with E-state index in [2.05, 4.69) is 5.10 Å². The van der Waals surface area contributed by atoms with E-state index in [9.17, 15) is 14.5 Å². The maximum atomic E-state index is 13.2. The Morgan fingerprint density at radius 2 is 2.00 bits per heavy atom.